The fourth-order valence-corrected chi connectivity index (χ4v) is 1.66. The number of rotatable bonds is 4. The van der Waals surface area contributed by atoms with Gasteiger partial charge in [0.25, 0.3) is 5.91 Å². The molecule has 0 bridgehead atoms. The number of hydrogen-bond acceptors (Lipinski definition) is 3. The Kier molecular flexibility index (Phi) is 4.10. The van der Waals surface area contributed by atoms with Crippen molar-refractivity contribution in [1.82, 2.24) is 0 Å². The summed E-state index contributed by atoms with van der Waals surface area (Å²) in [7, 11) is 0. The van der Waals surface area contributed by atoms with Gasteiger partial charge in [0.05, 0.1) is 0 Å². The van der Waals surface area contributed by atoms with Crippen LogP contribution < -0.4 is 10.0 Å². The second kappa shape index (κ2) is 5.97. The number of amides is 1. The summed E-state index contributed by atoms with van der Waals surface area (Å²) in [6.45, 7) is 1.94. The molecule has 0 saturated heterocycles. The Bertz CT molecular complexity index is 561. The summed E-state index contributed by atoms with van der Waals surface area (Å²) >= 11 is 0. The van der Waals surface area contributed by atoms with Gasteiger partial charge in [0.2, 0.25) is 5.78 Å². The molecule has 2 rings (SSSR count). The summed E-state index contributed by atoms with van der Waals surface area (Å²) in [6, 6.07) is 10.2. The smallest absolute Gasteiger partial charge is 0.292 e. The number of benzene rings is 1. The molecule has 0 atom stereocenters. The maximum Gasteiger partial charge on any atom is 0.292 e. The lowest BCUT2D eigenvalue weighted by Gasteiger charge is -2.05. The van der Waals surface area contributed by atoms with Gasteiger partial charge in [0.1, 0.15) is 0 Å². The monoisotopic (exact) mass is 270 g/mol. The first kappa shape index (κ1) is 13.7. The molecule has 0 saturated carbocycles. The first-order chi connectivity index (χ1) is 9.54. The van der Waals surface area contributed by atoms with E-state index in [2.05, 4.69) is 5.32 Å². The Morgan fingerprint density at radius 2 is 1.70 bits per heavy atom. The SMILES string of the molecule is Cc1ccc(NC(=O)C(=O)Cc2cc[n+]([O-])cc2)cc1. The predicted molar refractivity (Wildman–Crippen MR) is 73.9 cm³/mol. The van der Waals surface area contributed by atoms with E-state index in [0.29, 0.717) is 16.0 Å². The highest BCUT2D eigenvalue weighted by molar-refractivity contribution is 6.41. The van der Waals surface area contributed by atoms with Crippen LogP contribution in [0.4, 0.5) is 5.69 Å². The molecule has 1 aromatic carbocycles. The number of carbonyl (C=O) groups is 2. The number of ketones is 1. The number of nitrogens with one attached hydrogen (secondary N) is 1. The van der Waals surface area contributed by atoms with E-state index in [4.69, 9.17) is 0 Å². The van der Waals surface area contributed by atoms with Crippen LogP contribution in [0, 0.1) is 12.1 Å². The third-order valence-electron chi connectivity index (χ3n) is 2.80. The van der Waals surface area contributed by atoms with E-state index in [1.54, 1.807) is 12.1 Å². The fraction of sp³-hybridized carbons (Fsp3) is 0.133. The molecule has 102 valence electrons. The lowest BCUT2D eigenvalue weighted by molar-refractivity contribution is -0.605. The molecule has 2 aromatic rings. The number of anilines is 1. The van der Waals surface area contributed by atoms with Crippen molar-refractivity contribution in [3.8, 4) is 0 Å². The molecule has 0 spiro atoms. The molecule has 1 amide bonds. The maximum atomic E-state index is 11.8. The van der Waals surface area contributed by atoms with Gasteiger partial charge in [0.15, 0.2) is 12.4 Å². The van der Waals surface area contributed by atoms with E-state index in [1.807, 2.05) is 19.1 Å². The number of Topliss-reactive ketones (excluding diaryl/α,β-unsaturated/α-hetero) is 1. The van der Waals surface area contributed by atoms with Crippen LogP contribution in [-0.2, 0) is 16.0 Å². The summed E-state index contributed by atoms with van der Waals surface area (Å²) < 4.78 is 0.625. The Morgan fingerprint density at radius 3 is 2.30 bits per heavy atom. The second-order valence-corrected chi connectivity index (χ2v) is 4.49. The van der Waals surface area contributed by atoms with Crippen molar-refractivity contribution in [1.29, 1.82) is 0 Å². The zero-order valence-corrected chi connectivity index (χ0v) is 11.0. The van der Waals surface area contributed by atoms with Gasteiger partial charge >= 0.3 is 0 Å². The van der Waals surface area contributed by atoms with E-state index in [0.717, 1.165) is 5.56 Å². The van der Waals surface area contributed by atoms with Gasteiger partial charge in [-0.3, -0.25) is 9.59 Å². The van der Waals surface area contributed by atoms with Crippen LogP contribution in [0.25, 0.3) is 0 Å². The average molecular weight is 270 g/mol. The minimum Gasteiger partial charge on any atom is -0.619 e. The first-order valence-electron chi connectivity index (χ1n) is 6.13. The predicted octanol–water partition coefficient (Wildman–Crippen LogP) is 1.38. The van der Waals surface area contributed by atoms with Crippen molar-refractivity contribution >= 4 is 17.4 Å². The van der Waals surface area contributed by atoms with Crippen molar-refractivity contribution in [3.63, 3.8) is 0 Å². The Morgan fingerprint density at radius 1 is 1.10 bits per heavy atom. The van der Waals surface area contributed by atoms with Crippen molar-refractivity contribution in [2.45, 2.75) is 13.3 Å². The van der Waals surface area contributed by atoms with Crippen molar-refractivity contribution in [2.24, 2.45) is 0 Å². The molecule has 0 unspecified atom stereocenters. The summed E-state index contributed by atoms with van der Waals surface area (Å²) in [5.74, 6) is -1.21. The molecule has 0 aliphatic heterocycles. The minimum absolute atomic E-state index is 0.0292. The third kappa shape index (κ3) is 3.65. The molecule has 0 aliphatic rings. The summed E-state index contributed by atoms with van der Waals surface area (Å²) in [6.07, 6.45) is 2.56. The number of carbonyl (C=O) groups excluding carboxylic acids is 2. The Labute approximate surface area is 116 Å². The molecular formula is C15H14N2O3. The lowest BCUT2D eigenvalue weighted by atomic mass is 10.1. The average Bonchev–Trinajstić information content (AvgIpc) is 2.44. The van der Waals surface area contributed by atoms with Gasteiger partial charge in [-0.15, -0.1) is 0 Å². The molecule has 5 heteroatoms. The highest BCUT2D eigenvalue weighted by atomic mass is 16.5. The zero-order chi connectivity index (χ0) is 14.5. The normalized spacial score (nSPS) is 10.1. The molecule has 0 fully saturated rings. The number of pyridine rings is 1. The largest absolute Gasteiger partial charge is 0.619 e. The van der Waals surface area contributed by atoms with Crippen LogP contribution in [0.1, 0.15) is 11.1 Å². The first-order valence-corrected chi connectivity index (χ1v) is 6.13. The summed E-state index contributed by atoms with van der Waals surface area (Å²) in [5, 5.41) is 13.4. The molecular weight excluding hydrogens is 256 g/mol. The zero-order valence-electron chi connectivity index (χ0n) is 11.0. The summed E-state index contributed by atoms with van der Waals surface area (Å²) in [5.41, 5.74) is 2.28. The molecule has 1 heterocycles. The molecule has 20 heavy (non-hydrogen) atoms. The van der Waals surface area contributed by atoms with Crippen LogP contribution in [0.5, 0.6) is 0 Å². The molecule has 1 aromatic heterocycles. The molecule has 0 aliphatic carbocycles. The Balaban J connectivity index is 1.96. The minimum atomic E-state index is -0.660. The molecule has 5 nitrogen and oxygen atoms in total. The van der Waals surface area contributed by atoms with Crippen LogP contribution in [0.2, 0.25) is 0 Å². The number of aromatic nitrogens is 1. The summed E-state index contributed by atoms with van der Waals surface area (Å²) in [4.78, 5) is 23.5. The van der Waals surface area contributed by atoms with Gasteiger partial charge in [-0.2, -0.15) is 4.73 Å². The standard InChI is InChI=1S/C15H14N2O3/c1-11-2-4-13(5-3-11)16-15(19)14(18)10-12-6-8-17(20)9-7-12/h2-9H,10H2,1H3,(H,16,19). The second-order valence-electron chi connectivity index (χ2n) is 4.49. The van der Waals surface area contributed by atoms with Crippen LogP contribution in [0.3, 0.4) is 0 Å². The van der Waals surface area contributed by atoms with Crippen molar-refractivity contribution in [2.75, 3.05) is 5.32 Å². The number of nitrogens with zero attached hydrogens (tertiary/aromatic N) is 1. The van der Waals surface area contributed by atoms with Gasteiger partial charge in [0, 0.05) is 24.2 Å². The van der Waals surface area contributed by atoms with Crippen LogP contribution >= 0.6 is 0 Å². The lowest BCUT2D eigenvalue weighted by Crippen LogP contribution is -2.26. The van der Waals surface area contributed by atoms with Crippen LogP contribution in [-0.4, -0.2) is 11.7 Å². The quantitative estimate of drug-likeness (QED) is 0.518. The topological polar surface area (TPSA) is 73.1 Å². The van der Waals surface area contributed by atoms with Crippen molar-refractivity contribution < 1.29 is 14.3 Å². The van der Waals surface area contributed by atoms with Gasteiger partial charge in [-0.1, -0.05) is 17.7 Å². The van der Waals surface area contributed by atoms with E-state index >= 15 is 0 Å². The van der Waals surface area contributed by atoms with E-state index in [9.17, 15) is 14.8 Å². The van der Waals surface area contributed by atoms with E-state index in [1.165, 1.54) is 24.5 Å². The van der Waals surface area contributed by atoms with Gasteiger partial charge < -0.3 is 10.5 Å². The van der Waals surface area contributed by atoms with Crippen molar-refractivity contribution in [3.05, 3.63) is 65.1 Å². The molecule has 1 N–H and O–H groups in total. The number of hydrogen-bond donors (Lipinski definition) is 1. The van der Waals surface area contributed by atoms with E-state index in [-0.39, 0.29) is 6.42 Å². The number of aryl methyl sites for hydroxylation is 1. The third-order valence-corrected chi connectivity index (χ3v) is 2.80. The Hall–Kier alpha value is -2.69. The maximum absolute atomic E-state index is 11.8. The van der Waals surface area contributed by atoms with E-state index < -0.39 is 11.7 Å². The highest BCUT2D eigenvalue weighted by Crippen LogP contribution is 2.09. The van der Waals surface area contributed by atoms with Gasteiger partial charge in [-0.05, 0) is 24.6 Å². The van der Waals surface area contributed by atoms with Crippen LogP contribution in [0.15, 0.2) is 48.8 Å². The molecule has 0 radical (unpaired) electrons. The highest BCUT2D eigenvalue weighted by Gasteiger charge is 2.14. The fourth-order valence-electron chi connectivity index (χ4n) is 1.66. The van der Waals surface area contributed by atoms with Gasteiger partial charge in [-0.25, -0.2) is 0 Å².